The predicted molar refractivity (Wildman–Crippen MR) is 109 cm³/mol. The van der Waals surface area contributed by atoms with Gasteiger partial charge in [0.2, 0.25) is 5.89 Å². The van der Waals surface area contributed by atoms with Crippen LogP contribution in [-0.2, 0) is 11.2 Å². The van der Waals surface area contributed by atoms with Gasteiger partial charge in [-0.15, -0.1) is 0 Å². The van der Waals surface area contributed by atoms with Crippen molar-refractivity contribution in [2.45, 2.75) is 19.4 Å². The average Bonchev–Trinajstić information content (AvgIpc) is 3.24. The lowest BCUT2D eigenvalue weighted by Crippen LogP contribution is -2.48. The summed E-state index contributed by atoms with van der Waals surface area (Å²) in [6.07, 6.45) is 3.53. The summed E-state index contributed by atoms with van der Waals surface area (Å²) in [5, 5.41) is 0. The van der Waals surface area contributed by atoms with Crippen LogP contribution in [0.2, 0.25) is 0 Å². The highest BCUT2D eigenvalue weighted by Gasteiger charge is 2.29. The van der Waals surface area contributed by atoms with Gasteiger partial charge in [-0.05, 0) is 30.2 Å². The summed E-state index contributed by atoms with van der Waals surface area (Å²) in [6.45, 7) is 4.44. The molecule has 0 amide bonds. The number of oxazole rings is 1. The maximum absolute atomic E-state index is 14.6. The first kappa shape index (κ1) is 19.3. The second-order valence-electron chi connectivity index (χ2n) is 7.37. The Labute approximate surface area is 169 Å². The molecule has 1 atom stereocenters. The first-order valence-corrected chi connectivity index (χ1v) is 9.83. The third-order valence-electron chi connectivity index (χ3n) is 5.29. The third-order valence-corrected chi connectivity index (χ3v) is 5.29. The Morgan fingerprint density at radius 1 is 1.14 bits per heavy atom. The smallest absolute Gasteiger partial charge is 0.215 e. The topological polar surface area (TPSA) is 49.6 Å². The van der Waals surface area contributed by atoms with Gasteiger partial charge in [0.15, 0.2) is 0 Å². The highest BCUT2D eigenvalue weighted by molar-refractivity contribution is 5.78. The van der Waals surface area contributed by atoms with Crippen LogP contribution in [0.5, 0.6) is 0 Å². The van der Waals surface area contributed by atoms with Crippen molar-refractivity contribution in [2.75, 3.05) is 31.1 Å². The zero-order chi connectivity index (χ0) is 20.2. The SMILES string of the molecule is CC(=O)Cc1ccc(N2CCN(C(c3ccccc3)c3ncco3)CC2)c(F)c1. The number of Topliss-reactive ketones (excluding diaryl/α,β-unsaturated/α-hetero) is 1. The van der Waals surface area contributed by atoms with Crippen LogP contribution in [0.1, 0.15) is 30.0 Å². The van der Waals surface area contributed by atoms with E-state index in [1.807, 2.05) is 24.3 Å². The minimum atomic E-state index is -0.274. The number of benzene rings is 2. The predicted octanol–water partition coefficient (Wildman–Crippen LogP) is 3.86. The lowest BCUT2D eigenvalue weighted by molar-refractivity contribution is -0.116. The molecule has 6 heteroatoms. The minimum Gasteiger partial charge on any atom is -0.447 e. The summed E-state index contributed by atoms with van der Waals surface area (Å²) in [5.41, 5.74) is 2.43. The van der Waals surface area contributed by atoms with Crippen molar-refractivity contribution < 1.29 is 13.6 Å². The van der Waals surface area contributed by atoms with Gasteiger partial charge in [-0.25, -0.2) is 9.37 Å². The van der Waals surface area contributed by atoms with Gasteiger partial charge in [-0.3, -0.25) is 9.69 Å². The van der Waals surface area contributed by atoms with Gasteiger partial charge in [0.1, 0.15) is 23.9 Å². The fourth-order valence-electron chi connectivity index (χ4n) is 3.94. The van der Waals surface area contributed by atoms with E-state index in [1.54, 1.807) is 18.5 Å². The van der Waals surface area contributed by atoms with E-state index in [9.17, 15) is 9.18 Å². The van der Waals surface area contributed by atoms with E-state index in [1.165, 1.54) is 13.0 Å². The van der Waals surface area contributed by atoms with Crippen LogP contribution in [0.3, 0.4) is 0 Å². The Bertz CT molecular complexity index is 952. The fraction of sp³-hybridized carbons (Fsp3) is 0.304. The molecule has 150 valence electrons. The Morgan fingerprint density at radius 3 is 2.52 bits per heavy atom. The highest BCUT2D eigenvalue weighted by atomic mass is 19.1. The molecule has 4 rings (SSSR count). The molecule has 0 N–H and O–H groups in total. The van der Waals surface area contributed by atoms with Gasteiger partial charge in [0.25, 0.3) is 0 Å². The standard InChI is InChI=1S/C23H24FN3O2/c1-17(28)15-18-7-8-21(20(24)16-18)26-10-12-27(13-11-26)22(23-25-9-14-29-23)19-5-3-2-4-6-19/h2-9,14,16,22H,10-13,15H2,1H3. The normalized spacial score (nSPS) is 16.0. The van der Waals surface area contributed by atoms with Crippen molar-refractivity contribution >= 4 is 11.5 Å². The molecule has 2 heterocycles. The van der Waals surface area contributed by atoms with Crippen molar-refractivity contribution in [3.05, 3.63) is 83.8 Å². The number of anilines is 1. The number of carbonyl (C=O) groups is 1. The van der Waals surface area contributed by atoms with Crippen molar-refractivity contribution in [1.29, 1.82) is 0 Å². The summed E-state index contributed by atoms with van der Waals surface area (Å²) in [5.74, 6) is 0.429. The van der Waals surface area contributed by atoms with Crippen molar-refractivity contribution in [2.24, 2.45) is 0 Å². The van der Waals surface area contributed by atoms with Crippen molar-refractivity contribution in [3.63, 3.8) is 0 Å². The van der Waals surface area contributed by atoms with E-state index in [0.29, 0.717) is 30.2 Å². The lowest BCUT2D eigenvalue weighted by atomic mass is 10.0. The molecule has 2 aromatic carbocycles. The van der Waals surface area contributed by atoms with Gasteiger partial charge in [0, 0.05) is 32.6 Å². The lowest BCUT2D eigenvalue weighted by Gasteiger charge is -2.39. The van der Waals surface area contributed by atoms with Gasteiger partial charge < -0.3 is 9.32 Å². The van der Waals surface area contributed by atoms with Crippen LogP contribution >= 0.6 is 0 Å². The van der Waals surface area contributed by atoms with Crippen LogP contribution in [0.25, 0.3) is 0 Å². The zero-order valence-electron chi connectivity index (χ0n) is 16.4. The molecule has 1 unspecified atom stereocenters. The number of piperazine rings is 1. The minimum absolute atomic E-state index is 0.0317. The van der Waals surface area contributed by atoms with Crippen LogP contribution in [0, 0.1) is 5.82 Å². The summed E-state index contributed by atoms with van der Waals surface area (Å²) in [6, 6.07) is 15.2. The van der Waals surface area contributed by atoms with Crippen molar-refractivity contribution in [3.8, 4) is 0 Å². The average molecular weight is 393 g/mol. The molecule has 1 aromatic heterocycles. The van der Waals surface area contributed by atoms with Crippen molar-refractivity contribution in [1.82, 2.24) is 9.88 Å². The zero-order valence-corrected chi connectivity index (χ0v) is 16.4. The van der Waals surface area contributed by atoms with E-state index in [0.717, 1.165) is 18.7 Å². The Hall–Kier alpha value is -2.99. The molecule has 0 bridgehead atoms. The number of hydrogen-bond acceptors (Lipinski definition) is 5. The number of hydrogen-bond donors (Lipinski definition) is 0. The molecule has 0 radical (unpaired) electrons. The number of carbonyl (C=O) groups excluding carboxylic acids is 1. The van der Waals surface area contributed by atoms with Gasteiger partial charge >= 0.3 is 0 Å². The molecular weight excluding hydrogens is 369 g/mol. The summed E-state index contributed by atoms with van der Waals surface area (Å²) >= 11 is 0. The number of halogens is 1. The molecular formula is C23H24FN3O2. The van der Waals surface area contributed by atoms with E-state index < -0.39 is 0 Å². The Kier molecular flexibility index (Phi) is 5.71. The maximum Gasteiger partial charge on any atom is 0.215 e. The monoisotopic (exact) mass is 393 g/mol. The number of rotatable bonds is 6. The second kappa shape index (κ2) is 8.57. The molecule has 29 heavy (non-hydrogen) atoms. The number of nitrogens with zero attached hydrogens (tertiary/aromatic N) is 3. The van der Waals surface area contributed by atoms with Crippen LogP contribution < -0.4 is 4.90 Å². The van der Waals surface area contributed by atoms with Gasteiger partial charge in [0.05, 0.1) is 11.9 Å². The first-order chi connectivity index (χ1) is 14.1. The largest absolute Gasteiger partial charge is 0.447 e. The summed E-state index contributed by atoms with van der Waals surface area (Å²) in [4.78, 5) is 20.0. The van der Waals surface area contributed by atoms with E-state index >= 15 is 0 Å². The highest BCUT2D eigenvalue weighted by Crippen LogP contribution is 2.30. The molecule has 0 spiro atoms. The van der Waals surface area contributed by atoms with Crippen LogP contribution in [-0.4, -0.2) is 41.8 Å². The van der Waals surface area contributed by atoms with Crippen LogP contribution in [0.4, 0.5) is 10.1 Å². The molecule has 1 aliphatic heterocycles. The number of aromatic nitrogens is 1. The molecule has 1 fully saturated rings. The van der Waals surface area contributed by atoms with Gasteiger partial charge in [-0.1, -0.05) is 36.4 Å². The summed E-state index contributed by atoms with van der Waals surface area (Å²) < 4.78 is 20.3. The van der Waals surface area contributed by atoms with E-state index in [4.69, 9.17) is 4.42 Å². The summed E-state index contributed by atoms with van der Waals surface area (Å²) in [7, 11) is 0. The van der Waals surface area contributed by atoms with Crippen LogP contribution in [0.15, 0.2) is 65.4 Å². The maximum atomic E-state index is 14.6. The second-order valence-corrected chi connectivity index (χ2v) is 7.37. The number of ketones is 1. The molecule has 3 aromatic rings. The molecule has 0 aliphatic carbocycles. The molecule has 0 saturated carbocycles. The molecule has 5 nitrogen and oxygen atoms in total. The van der Waals surface area contributed by atoms with Gasteiger partial charge in [-0.2, -0.15) is 0 Å². The Morgan fingerprint density at radius 2 is 1.90 bits per heavy atom. The molecule has 1 aliphatic rings. The molecule has 1 saturated heterocycles. The van der Waals surface area contributed by atoms with E-state index in [-0.39, 0.29) is 24.1 Å². The fourth-order valence-corrected chi connectivity index (χ4v) is 3.94. The van der Waals surface area contributed by atoms with E-state index in [2.05, 4.69) is 26.9 Å². The third kappa shape index (κ3) is 4.38. The quantitative estimate of drug-likeness (QED) is 0.637. The first-order valence-electron chi connectivity index (χ1n) is 9.83. The Balaban J connectivity index is 1.49.